The van der Waals surface area contributed by atoms with Crippen molar-refractivity contribution in [3.8, 4) is 0 Å². The molecule has 0 aliphatic carbocycles. The highest BCUT2D eigenvalue weighted by atomic mass is 16.2. The summed E-state index contributed by atoms with van der Waals surface area (Å²) in [6.07, 6.45) is 0.950. The predicted molar refractivity (Wildman–Crippen MR) is 58.2 cm³/mol. The summed E-state index contributed by atoms with van der Waals surface area (Å²) < 4.78 is 0. The molecule has 0 spiro atoms. The molecule has 0 aromatic carbocycles. The number of carbonyl (C=O) groups excluding carboxylic acids is 1. The van der Waals surface area contributed by atoms with Crippen molar-refractivity contribution in [2.75, 3.05) is 20.1 Å². The molecule has 1 aliphatic rings. The molecule has 1 unspecified atom stereocenters. The van der Waals surface area contributed by atoms with E-state index in [1.807, 2.05) is 0 Å². The minimum atomic E-state index is -0.304. The van der Waals surface area contributed by atoms with Crippen LogP contribution in [0.25, 0.3) is 0 Å². The normalized spacial score (nSPS) is 19.7. The fraction of sp³-hybridized carbons (Fsp3) is 0.500. The van der Waals surface area contributed by atoms with Crippen LogP contribution in [-0.4, -0.2) is 47.2 Å². The van der Waals surface area contributed by atoms with Gasteiger partial charge in [0, 0.05) is 25.7 Å². The number of nitrogens with one attached hydrogen (secondary N) is 2. The lowest BCUT2D eigenvalue weighted by Gasteiger charge is -2.22. The first-order valence-corrected chi connectivity index (χ1v) is 5.22. The molecule has 2 N–H and O–H groups in total. The SMILES string of the molecule is CN(C(=O)c1ccc(=O)[nH]n1)C1CCNC1. The number of nitrogens with zero attached hydrogens (tertiary/aromatic N) is 2. The molecule has 1 atom stereocenters. The summed E-state index contributed by atoms with van der Waals surface area (Å²) >= 11 is 0. The molecule has 0 saturated carbocycles. The Kier molecular flexibility index (Phi) is 3.00. The molecule has 1 aromatic rings. The van der Waals surface area contributed by atoms with Crippen molar-refractivity contribution < 1.29 is 4.79 Å². The smallest absolute Gasteiger partial charge is 0.274 e. The zero-order chi connectivity index (χ0) is 11.5. The Morgan fingerprint density at radius 3 is 2.94 bits per heavy atom. The molecule has 0 bridgehead atoms. The second kappa shape index (κ2) is 4.44. The van der Waals surface area contributed by atoms with Gasteiger partial charge in [0.2, 0.25) is 0 Å². The van der Waals surface area contributed by atoms with Crippen LogP contribution in [-0.2, 0) is 0 Å². The van der Waals surface area contributed by atoms with Crippen molar-refractivity contribution in [2.45, 2.75) is 12.5 Å². The zero-order valence-corrected chi connectivity index (χ0v) is 9.06. The number of H-pyrrole nitrogens is 1. The molecule has 2 heterocycles. The number of aromatic amines is 1. The number of hydrogen-bond acceptors (Lipinski definition) is 4. The van der Waals surface area contributed by atoms with Gasteiger partial charge in [0.1, 0.15) is 5.69 Å². The molecule has 1 aromatic heterocycles. The maximum absolute atomic E-state index is 12.0. The van der Waals surface area contributed by atoms with Gasteiger partial charge in [-0.25, -0.2) is 5.10 Å². The summed E-state index contributed by atoms with van der Waals surface area (Å²) in [6.45, 7) is 1.74. The zero-order valence-electron chi connectivity index (χ0n) is 9.06. The molecular weight excluding hydrogens is 208 g/mol. The minimum absolute atomic E-state index is 0.162. The third-order valence-corrected chi connectivity index (χ3v) is 2.80. The average Bonchev–Trinajstić information content (AvgIpc) is 2.81. The van der Waals surface area contributed by atoms with Crippen LogP contribution in [0, 0.1) is 0 Å². The molecule has 2 rings (SSSR count). The quantitative estimate of drug-likeness (QED) is 0.687. The fourth-order valence-corrected chi connectivity index (χ4v) is 1.78. The molecule has 1 amide bonds. The molecule has 1 fully saturated rings. The lowest BCUT2D eigenvalue weighted by molar-refractivity contribution is 0.0736. The molecule has 6 nitrogen and oxygen atoms in total. The number of likely N-dealkylation sites (N-methyl/N-ethyl adjacent to an activating group) is 1. The lowest BCUT2D eigenvalue weighted by Crippen LogP contribution is -2.39. The van der Waals surface area contributed by atoms with E-state index in [2.05, 4.69) is 15.5 Å². The van der Waals surface area contributed by atoms with Crippen LogP contribution in [0.3, 0.4) is 0 Å². The lowest BCUT2D eigenvalue weighted by atomic mass is 10.2. The number of carbonyl (C=O) groups is 1. The summed E-state index contributed by atoms with van der Waals surface area (Å²) in [5.41, 5.74) is -0.0317. The van der Waals surface area contributed by atoms with E-state index in [1.54, 1.807) is 11.9 Å². The minimum Gasteiger partial charge on any atom is -0.336 e. The highest BCUT2D eigenvalue weighted by Crippen LogP contribution is 2.08. The van der Waals surface area contributed by atoms with Gasteiger partial charge in [0.15, 0.2) is 0 Å². The second-order valence-electron chi connectivity index (χ2n) is 3.87. The van der Waals surface area contributed by atoms with E-state index in [4.69, 9.17) is 0 Å². The van der Waals surface area contributed by atoms with Gasteiger partial charge in [-0.3, -0.25) is 9.59 Å². The highest BCUT2D eigenvalue weighted by Gasteiger charge is 2.24. The van der Waals surface area contributed by atoms with Gasteiger partial charge in [-0.2, -0.15) is 5.10 Å². The van der Waals surface area contributed by atoms with E-state index in [1.165, 1.54) is 12.1 Å². The van der Waals surface area contributed by atoms with Gasteiger partial charge < -0.3 is 10.2 Å². The molecule has 0 radical (unpaired) electrons. The number of aromatic nitrogens is 2. The molecular formula is C10H14N4O2. The Balaban J connectivity index is 2.11. The largest absolute Gasteiger partial charge is 0.336 e. The number of hydrogen-bond donors (Lipinski definition) is 2. The van der Waals surface area contributed by atoms with E-state index in [0.717, 1.165) is 19.5 Å². The number of rotatable bonds is 2. The molecule has 16 heavy (non-hydrogen) atoms. The van der Waals surface area contributed by atoms with E-state index < -0.39 is 0 Å². The third kappa shape index (κ3) is 2.11. The Labute approximate surface area is 92.7 Å². The maximum atomic E-state index is 12.0. The Morgan fingerprint density at radius 2 is 2.38 bits per heavy atom. The first-order chi connectivity index (χ1) is 7.68. The Morgan fingerprint density at radius 1 is 1.56 bits per heavy atom. The van der Waals surface area contributed by atoms with Crippen molar-refractivity contribution in [3.63, 3.8) is 0 Å². The van der Waals surface area contributed by atoms with Crippen LogP contribution in [0.15, 0.2) is 16.9 Å². The van der Waals surface area contributed by atoms with Crippen molar-refractivity contribution in [1.29, 1.82) is 0 Å². The Hall–Kier alpha value is -1.69. The summed E-state index contributed by atoms with van der Waals surface area (Å²) in [5.74, 6) is -0.162. The molecule has 86 valence electrons. The van der Waals surface area contributed by atoms with E-state index in [-0.39, 0.29) is 23.2 Å². The van der Waals surface area contributed by atoms with Crippen molar-refractivity contribution >= 4 is 5.91 Å². The first kappa shape index (κ1) is 10.8. The molecule has 1 saturated heterocycles. The van der Waals surface area contributed by atoms with Crippen molar-refractivity contribution in [1.82, 2.24) is 20.4 Å². The third-order valence-electron chi connectivity index (χ3n) is 2.80. The van der Waals surface area contributed by atoms with Gasteiger partial charge in [-0.1, -0.05) is 0 Å². The average molecular weight is 222 g/mol. The van der Waals surface area contributed by atoms with Gasteiger partial charge in [0.25, 0.3) is 11.5 Å². The van der Waals surface area contributed by atoms with E-state index in [0.29, 0.717) is 0 Å². The molecule has 6 heteroatoms. The van der Waals surface area contributed by atoms with Crippen molar-refractivity contribution in [3.05, 3.63) is 28.2 Å². The van der Waals surface area contributed by atoms with E-state index in [9.17, 15) is 9.59 Å². The first-order valence-electron chi connectivity index (χ1n) is 5.22. The van der Waals surface area contributed by atoms with Crippen LogP contribution in [0.2, 0.25) is 0 Å². The van der Waals surface area contributed by atoms with Gasteiger partial charge >= 0.3 is 0 Å². The second-order valence-corrected chi connectivity index (χ2v) is 3.87. The molecule has 1 aliphatic heterocycles. The summed E-state index contributed by atoms with van der Waals surface area (Å²) in [4.78, 5) is 24.4. The fourth-order valence-electron chi connectivity index (χ4n) is 1.78. The summed E-state index contributed by atoms with van der Waals surface area (Å²) in [6, 6.07) is 2.96. The highest BCUT2D eigenvalue weighted by molar-refractivity contribution is 5.92. The number of amides is 1. The summed E-state index contributed by atoms with van der Waals surface area (Å²) in [5, 5.41) is 9.18. The predicted octanol–water partition coefficient (Wildman–Crippen LogP) is -0.796. The summed E-state index contributed by atoms with van der Waals surface area (Å²) in [7, 11) is 1.76. The van der Waals surface area contributed by atoms with Gasteiger partial charge in [0.05, 0.1) is 0 Å². The Bertz CT molecular complexity index is 416. The van der Waals surface area contributed by atoms with Crippen LogP contribution >= 0.6 is 0 Å². The van der Waals surface area contributed by atoms with E-state index >= 15 is 0 Å². The van der Waals surface area contributed by atoms with Crippen LogP contribution in [0.5, 0.6) is 0 Å². The van der Waals surface area contributed by atoms with Gasteiger partial charge in [-0.15, -0.1) is 0 Å². The standard InChI is InChI=1S/C10H14N4O2/c1-14(7-4-5-11-6-7)10(16)8-2-3-9(15)13-12-8/h2-3,7,11H,4-6H2,1H3,(H,13,15). The van der Waals surface area contributed by atoms with Gasteiger partial charge in [-0.05, 0) is 19.0 Å². The van der Waals surface area contributed by atoms with Crippen LogP contribution < -0.4 is 10.9 Å². The monoisotopic (exact) mass is 222 g/mol. The topological polar surface area (TPSA) is 78.1 Å². The van der Waals surface area contributed by atoms with Crippen LogP contribution in [0.4, 0.5) is 0 Å². The van der Waals surface area contributed by atoms with Crippen molar-refractivity contribution in [2.24, 2.45) is 0 Å². The van der Waals surface area contributed by atoms with Crippen LogP contribution in [0.1, 0.15) is 16.9 Å². The maximum Gasteiger partial charge on any atom is 0.274 e.